The van der Waals surface area contributed by atoms with Crippen LogP contribution >= 0.6 is 0 Å². The lowest BCUT2D eigenvalue weighted by Crippen LogP contribution is -2.39. The second kappa shape index (κ2) is 6.31. The number of ether oxygens (including phenoxy) is 1. The summed E-state index contributed by atoms with van der Waals surface area (Å²) in [7, 11) is 3.64. The van der Waals surface area contributed by atoms with Crippen molar-refractivity contribution in [1.82, 2.24) is 10.4 Å². The van der Waals surface area contributed by atoms with Gasteiger partial charge in [0.2, 0.25) is 5.91 Å². The van der Waals surface area contributed by atoms with Crippen molar-refractivity contribution in [3.05, 3.63) is 59.2 Å². The van der Waals surface area contributed by atoms with Crippen molar-refractivity contribution in [3.8, 4) is 5.75 Å². The Balaban J connectivity index is 1.26. The highest BCUT2D eigenvalue weighted by atomic mass is 16.5. The Hall–Kier alpha value is -2.37. The van der Waals surface area contributed by atoms with Gasteiger partial charge in [-0.05, 0) is 53.9 Å². The number of fused-ring (bicyclic) bond motifs is 4. The average molecular weight is 389 g/mol. The number of benzene rings is 2. The first-order chi connectivity index (χ1) is 14.2. The highest BCUT2D eigenvalue weighted by molar-refractivity contribution is 6.01. The smallest absolute Gasteiger partial charge is 0.230 e. The zero-order valence-electron chi connectivity index (χ0n) is 17.0. The molecule has 0 spiro atoms. The predicted molar refractivity (Wildman–Crippen MR) is 112 cm³/mol. The lowest BCUT2D eigenvalue weighted by atomic mass is 9.98. The third-order valence-corrected chi connectivity index (χ3v) is 7.39. The number of carbonyl (C=O) groups is 1. The molecule has 2 aromatic carbocycles. The van der Waals surface area contributed by atoms with Crippen molar-refractivity contribution in [2.24, 2.45) is 17.8 Å². The standard InChI is InChI=1S/C24H27N3O2/c1-26-21-9-15(22(29-2)11-19(21)18-10-20(18)24(26)28)12-25-27-13-16-8-17(16)23(27)14-6-4-3-5-7-14/h3-7,9,11,16-18,20,23,25H,8,10,12-13H2,1-2H3/t16-,17-,18+,20+,23-/m1/s1. The molecule has 2 heterocycles. The van der Waals surface area contributed by atoms with E-state index in [1.165, 1.54) is 17.5 Å². The van der Waals surface area contributed by atoms with Gasteiger partial charge in [-0.25, -0.2) is 5.01 Å². The van der Waals surface area contributed by atoms with Gasteiger partial charge in [0.15, 0.2) is 0 Å². The van der Waals surface area contributed by atoms with Crippen molar-refractivity contribution in [3.63, 3.8) is 0 Å². The first kappa shape index (κ1) is 17.5. The summed E-state index contributed by atoms with van der Waals surface area (Å²) in [6.07, 6.45) is 2.32. The Labute approximate surface area is 171 Å². The number of anilines is 1. The number of methoxy groups -OCH3 is 1. The number of nitrogens with one attached hydrogen (secondary N) is 1. The van der Waals surface area contributed by atoms with E-state index in [-0.39, 0.29) is 11.8 Å². The van der Waals surface area contributed by atoms with Gasteiger partial charge in [-0.2, -0.15) is 0 Å². The van der Waals surface area contributed by atoms with Crippen LogP contribution in [0.25, 0.3) is 0 Å². The normalized spacial score (nSPS) is 31.9. The van der Waals surface area contributed by atoms with E-state index in [4.69, 9.17) is 4.74 Å². The van der Waals surface area contributed by atoms with Gasteiger partial charge >= 0.3 is 0 Å². The first-order valence-electron chi connectivity index (χ1n) is 10.7. The van der Waals surface area contributed by atoms with Crippen molar-refractivity contribution in [2.75, 3.05) is 25.6 Å². The Kier molecular flexibility index (Phi) is 3.81. The molecule has 2 saturated carbocycles. The van der Waals surface area contributed by atoms with Crippen molar-refractivity contribution >= 4 is 11.6 Å². The fraction of sp³-hybridized carbons (Fsp3) is 0.458. The third-order valence-electron chi connectivity index (χ3n) is 7.39. The van der Waals surface area contributed by atoms with Crippen LogP contribution in [0.5, 0.6) is 5.75 Å². The Morgan fingerprint density at radius 1 is 1.14 bits per heavy atom. The second-order valence-electron chi connectivity index (χ2n) is 9.07. The van der Waals surface area contributed by atoms with E-state index < -0.39 is 0 Å². The van der Waals surface area contributed by atoms with E-state index in [1.54, 1.807) is 7.11 Å². The third kappa shape index (κ3) is 2.71. The molecule has 6 rings (SSSR count). The molecular weight excluding hydrogens is 362 g/mol. The molecule has 0 unspecified atom stereocenters. The molecule has 1 saturated heterocycles. The van der Waals surface area contributed by atoms with Crippen molar-refractivity contribution in [2.45, 2.75) is 31.3 Å². The predicted octanol–water partition coefficient (Wildman–Crippen LogP) is 3.47. The first-order valence-corrected chi connectivity index (χ1v) is 10.7. The van der Waals surface area contributed by atoms with Crippen LogP contribution < -0.4 is 15.1 Å². The van der Waals surface area contributed by atoms with E-state index in [9.17, 15) is 4.79 Å². The summed E-state index contributed by atoms with van der Waals surface area (Å²) in [5.74, 6) is 3.34. The molecule has 2 aliphatic heterocycles. The zero-order valence-corrected chi connectivity index (χ0v) is 17.0. The van der Waals surface area contributed by atoms with E-state index in [1.807, 2.05) is 11.9 Å². The van der Waals surface area contributed by atoms with Crippen LogP contribution in [0.1, 0.15) is 41.5 Å². The van der Waals surface area contributed by atoms with Crippen molar-refractivity contribution in [1.29, 1.82) is 0 Å². The fourth-order valence-corrected chi connectivity index (χ4v) is 5.61. The lowest BCUT2D eigenvalue weighted by molar-refractivity contribution is -0.119. The van der Waals surface area contributed by atoms with E-state index in [2.05, 4.69) is 52.9 Å². The topological polar surface area (TPSA) is 44.8 Å². The van der Waals surface area contributed by atoms with Gasteiger partial charge in [-0.3, -0.25) is 10.2 Å². The highest BCUT2D eigenvalue weighted by Crippen LogP contribution is 2.57. The Morgan fingerprint density at radius 3 is 2.76 bits per heavy atom. The summed E-state index contributed by atoms with van der Waals surface area (Å²) in [6, 6.07) is 15.6. The van der Waals surface area contributed by atoms with Crippen LogP contribution in [0.15, 0.2) is 42.5 Å². The SMILES string of the molecule is COc1cc2c(cc1CNN1C[C@H]3C[C@H]3[C@H]1c1ccccc1)N(C)C(=O)[C@H]1C[C@@H]21. The lowest BCUT2D eigenvalue weighted by Gasteiger charge is -2.30. The molecule has 3 fully saturated rings. The molecule has 29 heavy (non-hydrogen) atoms. The van der Waals surface area contributed by atoms with Gasteiger partial charge in [0.25, 0.3) is 0 Å². The van der Waals surface area contributed by atoms with E-state index >= 15 is 0 Å². The molecule has 2 aromatic rings. The minimum atomic E-state index is 0.184. The summed E-state index contributed by atoms with van der Waals surface area (Å²) < 4.78 is 5.73. The van der Waals surface area contributed by atoms with Crippen LogP contribution in [0.2, 0.25) is 0 Å². The minimum Gasteiger partial charge on any atom is -0.496 e. The summed E-state index contributed by atoms with van der Waals surface area (Å²) in [5.41, 5.74) is 8.51. The number of carbonyl (C=O) groups excluding carboxylic acids is 1. The Bertz CT molecular complexity index is 976. The molecule has 5 heteroatoms. The molecule has 1 N–H and O–H groups in total. The maximum atomic E-state index is 12.5. The molecule has 4 aliphatic rings. The molecule has 0 aromatic heterocycles. The maximum Gasteiger partial charge on any atom is 0.230 e. The summed E-state index contributed by atoms with van der Waals surface area (Å²) >= 11 is 0. The molecule has 5 nitrogen and oxygen atoms in total. The van der Waals surface area contributed by atoms with Crippen molar-refractivity contribution < 1.29 is 9.53 Å². The van der Waals surface area contributed by atoms with Crippen LogP contribution in [0.3, 0.4) is 0 Å². The van der Waals surface area contributed by atoms with E-state index in [0.29, 0.717) is 18.5 Å². The van der Waals surface area contributed by atoms with Crippen LogP contribution in [0, 0.1) is 17.8 Å². The maximum absolute atomic E-state index is 12.5. The summed E-state index contributed by atoms with van der Waals surface area (Å²) in [4.78, 5) is 14.3. The summed E-state index contributed by atoms with van der Waals surface area (Å²) in [5, 5.41) is 2.42. The van der Waals surface area contributed by atoms with Gasteiger partial charge in [0.05, 0.1) is 13.2 Å². The summed E-state index contributed by atoms with van der Waals surface area (Å²) in [6.45, 7) is 1.80. The number of rotatable bonds is 5. The number of piperidine rings is 1. The average Bonchev–Trinajstić information content (AvgIpc) is 3.67. The molecule has 5 atom stereocenters. The largest absolute Gasteiger partial charge is 0.496 e. The monoisotopic (exact) mass is 389 g/mol. The fourth-order valence-electron chi connectivity index (χ4n) is 5.61. The quantitative estimate of drug-likeness (QED) is 0.851. The van der Waals surface area contributed by atoms with Crippen LogP contribution in [0.4, 0.5) is 5.69 Å². The van der Waals surface area contributed by atoms with Gasteiger partial charge in [0, 0.05) is 37.3 Å². The minimum absolute atomic E-state index is 0.184. The number of amides is 1. The number of hydrazine groups is 1. The van der Waals surface area contributed by atoms with Crippen LogP contribution in [-0.4, -0.2) is 31.6 Å². The molecule has 2 aliphatic carbocycles. The van der Waals surface area contributed by atoms with Gasteiger partial charge in [0.1, 0.15) is 5.75 Å². The molecule has 0 radical (unpaired) electrons. The zero-order chi connectivity index (χ0) is 19.7. The van der Waals surface area contributed by atoms with Gasteiger partial charge in [-0.1, -0.05) is 30.3 Å². The molecule has 1 amide bonds. The number of nitrogens with zero attached hydrogens (tertiary/aromatic N) is 2. The second-order valence-corrected chi connectivity index (χ2v) is 9.07. The molecule has 150 valence electrons. The van der Waals surface area contributed by atoms with Gasteiger partial charge < -0.3 is 9.64 Å². The highest BCUT2D eigenvalue weighted by Gasteiger charge is 2.53. The molecular formula is C24H27N3O2. The molecule has 0 bridgehead atoms. The Morgan fingerprint density at radius 2 is 1.97 bits per heavy atom. The number of hydrogen-bond donors (Lipinski definition) is 1. The van der Waals surface area contributed by atoms with Crippen LogP contribution in [-0.2, 0) is 11.3 Å². The number of hydrogen-bond acceptors (Lipinski definition) is 4. The van der Waals surface area contributed by atoms with E-state index in [0.717, 1.165) is 41.8 Å². The van der Waals surface area contributed by atoms with Gasteiger partial charge in [-0.15, -0.1) is 0 Å².